The molecule has 1 aromatic heterocycles. The molecule has 30 heavy (non-hydrogen) atoms. The first-order valence-corrected chi connectivity index (χ1v) is 9.51. The number of carbonyl (C=O) groups is 1. The van der Waals surface area contributed by atoms with E-state index in [1.165, 1.54) is 21.7 Å². The Hall–Kier alpha value is -3.46. The van der Waals surface area contributed by atoms with Crippen molar-refractivity contribution in [1.82, 2.24) is 14.7 Å². The predicted octanol–water partition coefficient (Wildman–Crippen LogP) is 3.62. The van der Waals surface area contributed by atoms with E-state index in [9.17, 15) is 18.0 Å². The number of halogens is 3. The molecule has 1 atom stereocenters. The summed E-state index contributed by atoms with van der Waals surface area (Å²) in [6.45, 7) is 0.512. The van der Waals surface area contributed by atoms with Crippen LogP contribution in [-0.4, -0.2) is 27.3 Å². The van der Waals surface area contributed by atoms with E-state index in [0.29, 0.717) is 24.2 Å². The van der Waals surface area contributed by atoms with E-state index in [4.69, 9.17) is 11.7 Å². The molecule has 4 rings (SSSR count). The third-order valence-electron chi connectivity index (χ3n) is 5.51. The van der Waals surface area contributed by atoms with E-state index < -0.39 is 17.8 Å². The van der Waals surface area contributed by atoms with Gasteiger partial charge in [0.05, 0.1) is 24.3 Å². The number of alkyl halides is 2. The third kappa shape index (κ3) is 3.48. The van der Waals surface area contributed by atoms with Crippen molar-refractivity contribution >= 4 is 11.7 Å². The van der Waals surface area contributed by atoms with Crippen molar-refractivity contribution in [2.24, 2.45) is 5.92 Å². The van der Waals surface area contributed by atoms with Gasteiger partial charge in [0, 0.05) is 36.6 Å². The number of rotatable bonds is 1. The van der Waals surface area contributed by atoms with E-state index in [0.717, 1.165) is 6.07 Å². The molecule has 6 nitrogen and oxygen atoms in total. The summed E-state index contributed by atoms with van der Waals surface area (Å²) in [6, 6.07) is 4.84. The maximum absolute atomic E-state index is 14.9. The van der Waals surface area contributed by atoms with E-state index in [-0.39, 0.29) is 48.8 Å². The molecule has 0 fully saturated rings. The minimum absolute atomic E-state index is 0.0148. The summed E-state index contributed by atoms with van der Waals surface area (Å²) in [5, 5.41) is 15.9. The number of urea groups is 1. The molecule has 2 aliphatic heterocycles. The molecule has 154 valence electrons. The number of aromatic nitrogens is 2. The first-order chi connectivity index (χ1) is 14.3. The van der Waals surface area contributed by atoms with Crippen molar-refractivity contribution in [3.05, 3.63) is 46.5 Å². The Labute approximate surface area is 171 Å². The number of hydrogen-bond donors (Lipinski definition) is 1. The number of nitrogens with one attached hydrogen (secondary N) is 1. The molecule has 1 unspecified atom stereocenters. The molecular formula is C21H18F3N5O. The summed E-state index contributed by atoms with van der Waals surface area (Å²) in [7, 11) is 0. The van der Waals surface area contributed by atoms with Crippen LogP contribution in [0.2, 0.25) is 0 Å². The Morgan fingerprint density at radius 1 is 1.40 bits per heavy atom. The number of anilines is 1. The van der Waals surface area contributed by atoms with Crippen LogP contribution in [0.4, 0.5) is 23.7 Å². The van der Waals surface area contributed by atoms with Crippen LogP contribution in [0.3, 0.4) is 0 Å². The van der Waals surface area contributed by atoms with Gasteiger partial charge >= 0.3 is 6.03 Å². The summed E-state index contributed by atoms with van der Waals surface area (Å²) in [5.41, 5.74) is 0.801. The molecular weight excluding hydrogens is 395 g/mol. The Balaban J connectivity index is 1.58. The highest BCUT2D eigenvalue weighted by molar-refractivity contribution is 5.89. The zero-order chi connectivity index (χ0) is 21.5. The van der Waals surface area contributed by atoms with Crippen LogP contribution in [0.5, 0.6) is 0 Å². The quantitative estimate of drug-likeness (QED) is 0.726. The molecule has 0 saturated heterocycles. The molecule has 2 aromatic rings. The van der Waals surface area contributed by atoms with Gasteiger partial charge in [-0.3, -0.25) is 4.68 Å². The normalized spacial score (nSPS) is 19.6. The average molecular weight is 413 g/mol. The number of carbonyl (C=O) groups excluding carboxylic acids is 1. The maximum atomic E-state index is 14.9. The van der Waals surface area contributed by atoms with Crippen molar-refractivity contribution in [1.29, 1.82) is 5.26 Å². The van der Waals surface area contributed by atoms with Crippen molar-refractivity contribution in [2.75, 3.05) is 11.9 Å². The molecule has 0 bridgehead atoms. The van der Waals surface area contributed by atoms with Gasteiger partial charge in [0.15, 0.2) is 0 Å². The second kappa shape index (κ2) is 7.42. The Morgan fingerprint density at radius 2 is 2.20 bits per heavy atom. The van der Waals surface area contributed by atoms with Gasteiger partial charge in [-0.2, -0.15) is 19.1 Å². The minimum atomic E-state index is -3.08. The zero-order valence-corrected chi connectivity index (χ0v) is 16.0. The standard InChI is InChI=1S/C21H18F3N5O/c1-2-13-5-7-21(23,24)19-16-12-28(8-6-18(16)27-29(19)11-13)20(30)26-15-3-4-17(22)14(9-15)10-25/h1,3-4,9,13H,5-8,11-12H2,(H,26,30). The number of nitriles is 1. The van der Waals surface area contributed by atoms with Crippen LogP contribution < -0.4 is 5.32 Å². The monoisotopic (exact) mass is 413 g/mol. The second-order valence-electron chi connectivity index (χ2n) is 7.47. The SMILES string of the molecule is C#CC1CCC(F)(F)c2c3c(nn2C1)CCN(C(=O)Nc1ccc(F)c(C#N)c1)C3. The number of nitrogens with zero attached hydrogens (tertiary/aromatic N) is 4. The van der Waals surface area contributed by atoms with E-state index >= 15 is 0 Å². The first-order valence-electron chi connectivity index (χ1n) is 9.51. The minimum Gasteiger partial charge on any atom is -0.320 e. The molecule has 9 heteroatoms. The lowest BCUT2D eigenvalue weighted by molar-refractivity contribution is -0.0211. The molecule has 1 N–H and O–H groups in total. The van der Waals surface area contributed by atoms with E-state index in [1.807, 2.05) is 0 Å². The molecule has 0 radical (unpaired) electrons. The Morgan fingerprint density at radius 3 is 2.93 bits per heavy atom. The molecule has 0 spiro atoms. The molecule has 3 heterocycles. The lowest BCUT2D eigenvalue weighted by Crippen LogP contribution is -2.39. The van der Waals surface area contributed by atoms with Crippen molar-refractivity contribution in [3.63, 3.8) is 0 Å². The summed E-state index contributed by atoms with van der Waals surface area (Å²) >= 11 is 0. The van der Waals surface area contributed by atoms with Crippen LogP contribution >= 0.6 is 0 Å². The van der Waals surface area contributed by atoms with Gasteiger partial charge in [0.25, 0.3) is 5.92 Å². The smallest absolute Gasteiger partial charge is 0.320 e. The number of amides is 2. The van der Waals surface area contributed by atoms with Gasteiger partial charge in [0.1, 0.15) is 17.6 Å². The Kier molecular flexibility index (Phi) is 4.90. The predicted molar refractivity (Wildman–Crippen MR) is 102 cm³/mol. The summed E-state index contributed by atoms with van der Waals surface area (Å²) in [6.07, 6.45) is 5.65. The number of terminal acetylenes is 1. The first kappa shape index (κ1) is 19.8. The van der Waals surface area contributed by atoms with Crippen LogP contribution in [0.1, 0.15) is 35.4 Å². The lowest BCUT2D eigenvalue weighted by Gasteiger charge is -2.28. The van der Waals surface area contributed by atoms with Crippen LogP contribution in [-0.2, 0) is 25.4 Å². The van der Waals surface area contributed by atoms with Crippen molar-refractivity contribution in [2.45, 2.75) is 38.3 Å². The summed E-state index contributed by atoms with van der Waals surface area (Å²) in [5.74, 6) is -1.53. The average Bonchev–Trinajstić information content (AvgIpc) is 3.04. The fourth-order valence-electron chi connectivity index (χ4n) is 3.94. The summed E-state index contributed by atoms with van der Waals surface area (Å²) < 4.78 is 44.5. The van der Waals surface area contributed by atoms with Gasteiger partial charge in [-0.15, -0.1) is 12.3 Å². The fraction of sp³-hybridized carbons (Fsp3) is 0.381. The lowest BCUT2D eigenvalue weighted by atomic mass is 9.98. The van der Waals surface area contributed by atoms with Crippen molar-refractivity contribution in [3.8, 4) is 18.4 Å². The van der Waals surface area contributed by atoms with Crippen molar-refractivity contribution < 1.29 is 18.0 Å². The second-order valence-corrected chi connectivity index (χ2v) is 7.47. The molecule has 0 aliphatic carbocycles. The molecule has 0 saturated carbocycles. The maximum Gasteiger partial charge on any atom is 0.322 e. The van der Waals surface area contributed by atoms with E-state index in [2.05, 4.69) is 16.3 Å². The van der Waals surface area contributed by atoms with Gasteiger partial charge in [-0.1, -0.05) is 0 Å². The molecule has 2 aliphatic rings. The molecule has 2 amide bonds. The van der Waals surface area contributed by atoms with Gasteiger partial charge in [-0.25, -0.2) is 9.18 Å². The highest BCUT2D eigenvalue weighted by Crippen LogP contribution is 2.41. The van der Waals surface area contributed by atoms with E-state index in [1.54, 1.807) is 6.07 Å². The van der Waals surface area contributed by atoms with Gasteiger partial charge < -0.3 is 10.2 Å². The highest BCUT2D eigenvalue weighted by Gasteiger charge is 2.43. The van der Waals surface area contributed by atoms with Crippen LogP contribution in [0, 0.1) is 35.4 Å². The number of fused-ring (bicyclic) bond motifs is 3. The fourth-order valence-corrected chi connectivity index (χ4v) is 3.94. The molecule has 1 aromatic carbocycles. The largest absolute Gasteiger partial charge is 0.322 e. The number of benzene rings is 1. The topological polar surface area (TPSA) is 74.0 Å². The Bertz CT molecular complexity index is 1100. The third-order valence-corrected chi connectivity index (χ3v) is 5.51. The van der Waals surface area contributed by atoms with Crippen LogP contribution in [0.25, 0.3) is 0 Å². The summed E-state index contributed by atoms with van der Waals surface area (Å²) in [4.78, 5) is 14.1. The zero-order valence-electron chi connectivity index (χ0n) is 16.0. The van der Waals surface area contributed by atoms with Gasteiger partial charge in [0.2, 0.25) is 0 Å². The number of hydrogen-bond acceptors (Lipinski definition) is 3. The highest BCUT2D eigenvalue weighted by atomic mass is 19.3. The van der Waals surface area contributed by atoms with Crippen LogP contribution in [0.15, 0.2) is 18.2 Å². The van der Waals surface area contributed by atoms with Gasteiger partial charge in [-0.05, 0) is 24.6 Å².